The summed E-state index contributed by atoms with van der Waals surface area (Å²) < 4.78 is 11.0. The second-order valence-electron chi connectivity index (χ2n) is 6.10. The third kappa shape index (κ3) is 3.99. The Bertz CT molecular complexity index is 576. The zero-order valence-corrected chi connectivity index (χ0v) is 14.8. The monoisotopic (exact) mass is 353 g/mol. The van der Waals surface area contributed by atoms with Gasteiger partial charge >= 0.3 is 0 Å². The van der Waals surface area contributed by atoms with Gasteiger partial charge in [-0.25, -0.2) is 4.98 Å². The highest BCUT2D eigenvalue weighted by molar-refractivity contribution is 6.33. The molecule has 3 heterocycles. The molecule has 2 saturated heterocycles. The zero-order chi connectivity index (χ0) is 16.9. The van der Waals surface area contributed by atoms with Crippen molar-refractivity contribution >= 4 is 23.3 Å². The lowest BCUT2D eigenvalue weighted by atomic mass is 10.1. The number of hydrogen-bond acceptors (Lipinski definition) is 5. The topological polar surface area (TPSA) is 54.9 Å². The molecule has 0 N–H and O–H groups in total. The average Bonchev–Trinajstić information content (AvgIpc) is 2.62. The average molecular weight is 354 g/mol. The second-order valence-corrected chi connectivity index (χ2v) is 6.51. The molecular formula is C17H24ClN3O3. The van der Waals surface area contributed by atoms with Crippen molar-refractivity contribution in [2.45, 2.75) is 25.9 Å². The van der Waals surface area contributed by atoms with E-state index in [-0.39, 0.29) is 12.0 Å². The summed E-state index contributed by atoms with van der Waals surface area (Å²) >= 11 is 6.43. The molecule has 0 aliphatic carbocycles. The van der Waals surface area contributed by atoms with Crippen LogP contribution in [0.15, 0.2) is 12.3 Å². The van der Waals surface area contributed by atoms with E-state index >= 15 is 0 Å². The van der Waals surface area contributed by atoms with E-state index in [1.54, 1.807) is 17.2 Å². The summed E-state index contributed by atoms with van der Waals surface area (Å²) in [4.78, 5) is 20.9. The standard InChI is InChI=1S/C17H24ClN3O3/c1-2-24-14-4-3-5-21(12-14)16-15(18)10-13(11-19-16)17(22)20-6-8-23-9-7-20/h10-11,14H,2-9,12H2,1H3. The number of carbonyl (C=O) groups is 1. The van der Waals surface area contributed by atoms with Crippen molar-refractivity contribution in [1.82, 2.24) is 9.88 Å². The molecule has 3 rings (SSSR count). The van der Waals surface area contributed by atoms with Gasteiger partial charge in [0.05, 0.1) is 29.9 Å². The van der Waals surface area contributed by atoms with E-state index in [2.05, 4.69) is 9.88 Å². The fourth-order valence-corrected chi connectivity index (χ4v) is 3.52. The molecule has 2 aliphatic rings. The van der Waals surface area contributed by atoms with Crippen LogP contribution in [0, 0.1) is 0 Å². The van der Waals surface area contributed by atoms with Crippen LogP contribution in [0.2, 0.25) is 5.02 Å². The number of ether oxygens (including phenoxy) is 2. The van der Waals surface area contributed by atoms with Crippen molar-refractivity contribution in [2.24, 2.45) is 0 Å². The van der Waals surface area contributed by atoms with Gasteiger partial charge in [-0.2, -0.15) is 0 Å². The van der Waals surface area contributed by atoms with Crippen LogP contribution in [0.5, 0.6) is 0 Å². The van der Waals surface area contributed by atoms with E-state index in [0.717, 1.165) is 31.7 Å². The van der Waals surface area contributed by atoms with Gasteiger partial charge < -0.3 is 19.3 Å². The Balaban J connectivity index is 1.71. The first-order valence-corrected chi connectivity index (χ1v) is 8.96. The van der Waals surface area contributed by atoms with Crippen molar-refractivity contribution in [1.29, 1.82) is 0 Å². The summed E-state index contributed by atoms with van der Waals surface area (Å²) in [5, 5.41) is 0.520. The third-order valence-corrected chi connectivity index (χ3v) is 4.73. The molecule has 0 bridgehead atoms. The fraction of sp³-hybridized carbons (Fsp3) is 0.647. The predicted octanol–water partition coefficient (Wildman–Crippen LogP) is 2.21. The van der Waals surface area contributed by atoms with Crippen LogP contribution in [0.4, 0.5) is 5.82 Å². The Morgan fingerprint density at radius 3 is 2.92 bits per heavy atom. The third-order valence-electron chi connectivity index (χ3n) is 4.45. The summed E-state index contributed by atoms with van der Waals surface area (Å²) in [6.45, 7) is 6.81. The van der Waals surface area contributed by atoms with Crippen molar-refractivity contribution in [3.8, 4) is 0 Å². The molecule has 1 aromatic heterocycles. The van der Waals surface area contributed by atoms with Crippen LogP contribution in [0.1, 0.15) is 30.1 Å². The van der Waals surface area contributed by atoms with Gasteiger partial charge in [0.25, 0.3) is 5.91 Å². The van der Waals surface area contributed by atoms with Gasteiger partial charge in [-0.05, 0) is 25.8 Å². The summed E-state index contributed by atoms with van der Waals surface area (Å²) in [6.07, 6.45) is 3.96. The predicted molar refractivity (Wildman–Crippen MR) is 92.8 cm³/mol. The van der Waals surface area contributed by atoms with E-state index in [0.29, 0.717) is 43.5 Å². The molecule has 2 aliphatic heterocycles. The Labute approximate surface area is 147 Å². The number of amides is 1. The summed E-state index contributed by atoms with van der Waals surface area (Å²) in [5.41, 5.74) is 0.531. The largest absolute Gasteiger partial charge is 0.378 e. The van der Waals surface area contributed by atoms with Gasteiger partial charge in [-0.15, -0.1) is 0 Å². The van der Waals surface area contributed by atoms with Gasteiger partial charge in [-0.3, -0.25) is 4.79 Å². The normalized spacial score (nSPS) is 21.8. The minimum atomic E-state index is -0.0370. The number of piperidine rings is 1. The number of hydrogen-bond donors (Lipinski definition) is 0. The van der Waals surface area contributed by atoms with Gasteiger partial charge in [0.1, 0.15) is 5.82 Å². The van der Waals surface area contributed by atoms with E-state index in [4.69, 9.17) is 21.1 Å². The van der Waals surface area contributed by atoms with Crippen LogP contribution in [0.25, 0.3) is 0 Å². The highest BCUT2D eigenvalue weighted by Gasteiger charge is 2.24. The Hall–Kier alpha value is -1.37. The van der Waals surface area contributed by atoms with Crippen LogP contribution in [-0.2, 0) is 9.47 Å². The van der Waals surface area contributed by atoms with Crippen LogP contribution < -0.4 is 4.90 Å². The summed E-state index contributed by atoms with van der Waals surface area (Å²) in [7, 11) is 0. The molecule has 132 valence electrons. The molecule has 7 heteroatoms. The molecule has 0 aromatic carbocycles. The molecule has 1 unspecified atom stereocenters. The van der Waals surface area contributed by atoms with E-state index in [1.165, 1.54) is 0 Å². The molecule has 0 saturated carbocycles. The zero-order valence-electron chi connectivity index (χ0n) is 14.0. The lowest BCUT2D eigenvalue weighted by molar-refractivity contribution is 0.0302. The first kappa shape index (κ1) is 17.5. The number of pyridine rings is 1. The lowest BCUT2D eigenvalue weighted by Crippen LogP contribution is -2.41. The molecule has 24 heavy (non-hydrogen) atoms. The van der Waals surface area contributed by atoms with Crippen LogP contribution in [0.3, 0.4) is 0 Å². The number of carbonyl (C=O) groups excluding carboxylic acids is 1. The molecule has 6 nitrogen and oxygen atoms in total. The molecule has 0 spiro atoms. The van der Waals surface area contributed by atoms with Gasteiger partial charge in [0.15, 0.2) is 0 Å². The maximum Gasteiger partial charge on any atom is 0.255 e. The maximum atomic E-state index is 12.5. The van der Waals surface area contributed by atoms with E-state index < -0.39 is 0 Å². The molecule has 1 aromatic rings. The quantitative estimate of drug-likeness (QED) is 0.830. The second kappa shape index (κ2) is 8.14. The minimum Gasteiger partial charge on any atom is -0.378 e. The van der Waals surface area contributed by atoms with E-state index in [9.17, 15) is 4.79 Å². The van der Waals surface area contributed by atoms with Crippen LogP contribution >= 0.6 is 11.6 Å². The number of halogens is 1. The minimum absolute atomic E-state index is 0.0370. The molecule has 1 amide bonds. The van der Waals surface area contributed by atoms with Crippen molar-refractivity contribution in [3.05, 3.63) is 22.8 Å². The Kier molecular flexibility index (Phi) is 5.92. The van der Waals surface area contributed by atoms with Gasteiger partial charge in [0, 0.05) is 39.0 Å². The number of aromatic nitrogens is 1. The molecule has 1 atom stereocenters. The van der Waals surface area contributed by atoms with Crippen molar-refractivity contribution in [3.63, 3.8) is 0 Å². The number of nitrogens with zero attached hydrogens (tertiary/aromatic N) is 3. The smallest absolute Gasteiger partial charge is 0.255 e. The van der Waals surface area contributed by atoms with Crippen LogP contribution in [-0.4, -0.2) is 67.9 Å². The highest BCUT2D eigenvalue weighted by Crippen LogP contribution is 2.28. The molecule has 2 fully saturated rings. The maximum absolute atomic E-state index is 12.5. The molecule has 0 radical (unpaired) electrons. The Morgan fingerprint density at radius 1 is 1.42 bits per heavy atom. The number of rotatable bonds is 4. The highest BCUT2D eigenvalue weighted by atomic mass is 35.5. The SMILES string of the molecule is CCOC1CCCN(c2ncc(C(=O)N3CCOCC3)cc2Cl)C1. The number of morpholine rings is 1. The van der Waals surface area contributed by atoms with Crippen molar-refractivity contribution in [2.75, 3.05) is 50.9 Å². The van der Waals surface area contributed by atoms with Gasteiger partial charge in [0.2, 0.25) is 0 Å². The Morgan fingerprint density at radius 2 is 2.21 bits per heavy atom. The number of anilines is 1. The van der Waals surface area contributed by atoms with Gasteiger partial charge in [-0.1, -0.05) is 11.6 Å². The first-order chi connectivity index (χ1) is 11.7. The molecular weight excluding hydrogens is 330 g/mol. The van der Waals surface area contributed by atoms with Crippen molar-refractivity contribution < 1.29 is 14.3 Å². The summed E-state index contributed by atoms with van der Waals surface area (Å²) in [5.74, 6) is 0.699. The fourth-order valence-electron chi connectivity index (χ4n) is 3.23. The summed E-state index contributed by atoms with van der Waals surface area (Å²) in [6, 6.07) is 1.73. The van der Waals surface area contributed by atoms with E-state index in [1.807, 2.05) is 6.92 Å². The first-order valence-electron chi connectivity index (χ1n) is 8.58. The lowest BCUT2D eigenvalue weighted by Gasteiger charge is -2.34.